The van der Waals surface area contributed by atoms with Gasteiger partial charge < -0.3 is 4.74 Å². The molecule has 0 aliphatic rings. The summed E-state index contributed by atoms with van der Waals surface area (Å²) in [5.74, 6) is -0.564. The van der Waals surface area contributed by atoms with Crippen molar-refractivity contribution in [3.8, 4) is 0 Å². The maximum atomic E-state index is 12.4. The minimum atomic E-state index is -3.68. The summed E-state index contributed by atoms with van der Waals surface area (Å²) in [6, 6.07) is 14.1. The molecule has 0 spiro atoms. The van der Waals surface area contributed by atoms with E-state index in [1.54, 1.807) is 19.1 Å². The number of hydrogen-bond acceptors (Lipinski definition) is 4. The molecule has 122 valence electrons. The van der Waals surface area contributed by atoms with Gasteiger partial charge in [0.15, 0.2) is 0 Å². The number of hydrogen-bond donors (Lipinski definition) is 1. The van der Waals surface area contributed by atoms with Gasteiger partial charge in [-0.2, -0.15) is 0 Å². The Labute approximate surface area is 136 Å². The van der Waals surface area contributed by atoms with Gasteiger partial charge in [-0.05, 0) is 36.6 Å². The number of carbonyl (C=O) groups excluding carboxylic acids is 1. The van der Waals surface area contributed by atoms with E-state index in [-0.39, 0.29) is 17.0 Å². The van der Waals surface area contributed by atoms with E-state index in [2.05, 4.69) is 9.46 Å². The van der Waals surface area contributed by atoms with Crippen molar-refractivity contribution in [2.24, 2.45) is 0 Å². The molecule has 2 rings (SSSR count). The molecule has 0 heterocycles. The van der Waals surface area contributed by atoms with Crippen LogP contribution in [-0.2, 0) is 21.2 Å². The smallest absolute Gasteiger partial charge is 0.337 e. The van der Waals surface area contributed by atoms with Crippen LogP contribution in [0.2, 0.25) is 0 Å². The molecule has 0 atom stereocenters. The molecule has 0 saturated carbocycles. The zero-order chi connectivity index (χ0) is 16.9. The average Bonchev–Trinajstić information content (AvgIpc) is 2.55. The SMILES string of the molecule is COC(=O)c1ccc(C)c(S(=O)(=O)NCCc2ccccc2)c1. The lowest BCUT2D eigenvalue weighted by Crippen LogP contribution is -2.27. The maximum absolute atomic E-state index is 12.4. The van der Waals surface area contributed by atoms with Crippen LogP contribution in [0.3, 0.4) is 0 Å². The summed E-state index contributed by atoms with van der Waals surface area (Å²) < 4.78 is 32.1. The molecule has 0 aromatic heterocycles. The summed E-state index contributed by atoms with van der Waals surface area (Å²) in [5, 5.41) is 0. The van der Waals surface area contributed by atoms with Gasteiger partial charge in [-0.1, -0.05) is 36.4 Å². The van der Waals surface area contributed by atoms with Gasteiger partial charge >= 0.3 is 5.97 Å². The van der Waals surface area contributed by atoms with E-state index in [1.165, 1.54) is 13.2 Å². The molecule has 0 bridgehead atoms. The van der Waals surface area contributed by atoms with Crippen LogP contribution in [0.1, 0.15) is 21.5 Å². The van der Waals surface area contributed by atoms with Crippen molar-refractivity contribution in [3.63, 3.8) is 0 Å². The van der Waals surface area contributed by atoms with E-state index in [9.17, 15) is 13.2 Å². The number of rotatable bonds is 6. The van der Waals surface area contributed by atoms with Crippen molar-refractivity contribution in [2.45, 2.75) is 18.2 Å². The van der Waals surface area contributed by atoms with Crippen LogP contribution >= 0.6 is 0 Å². The molecular weight excluding hydrogens is 314 g/mol. The molecule has 6 heteroatoms. The van der Waals surface area contributed by atoms with Gasteiger partial charge in [0, 0.05) is 6.54 Å². The largest absolute Gasteiger partial charge is 0.465 e. The highest BCUT2D eigenvalue weighted by Crippen LogP contribution is 2.17. The second-order valence-corrected chi connectivity index (χ2v) is 6.84. The first-order chi connectivity index (χ1) is 10.9. The fraction of sp³-hybridized carbons (Fsp3) is 0.235. The van der Waals surface area contributed by atoms with Crippen LogP contribution in [0.25, 0.3) is 0 Å². The van der Waals surface area contributed by atoms with Crippen LogP contribution in [0.4, 0.5) is 0 Å². The average molecular weight is 333 g/mol. The lowest BCUT2D eigenvalue weighted by molar-refractivity contribution is 0.0600. The second kappa shape index (κ2) is 7.39. The molecule has 5 nitrogen and oxygen atoms in total. The van der Waals surface area contributed by atoms with Crippen molar-refractivity contribution in [1.82, 2.24) is 4.72 Å². The Morgan fingerprint density at radius 3 is 2.48 bits per heavy atom. The molecule has 0 aliphatic heterocycles. The Kier molecular flexibility index (Phi) is 5.52. The van der Waals surface area contributed by atoms with E-state index in [0.717, 1.165) is 5.56 Å². The Morgan fingerprint density at radius 2 is 1.83 bits per heavy atom. The van der Waals surface area contributed by atoms with E-state index >= 15 is 0 Å². The molecule has 23 heavy (non-hydrogen) atoms. The summed E-state index contributed by atoms with van der Waals surface area (Å²) in [5.41, 5.74) is 1.83. The molecule has 1 N–H and O–H groups in total. The van der Waals surface area contributed by atoms with Crippen LogP contribution in [0, 0.1) is 6.92 Å². The van der Waals surface area contributed by atoms with Gasteiger partial charge in [0.1, 0.15) is 0 Å². The van der Waals surface area contributed by atoms with Gasteiger partial charge in [0.05, 0.1) is 17.6 Å². The second-order valence-electron chi connectivity index (χ2n) is 5.11. The van der Waals surface area contributed by atoms with E-state index in [0.29, 0.717) is 12.0 Å². The third-order valence-corrected chi connectivity index (χ3v) is 5.05. The summed E-state index contributed by atoms with van der Waals surface area (Å²) in [6.45, 7) is 1.97. The van der Waals surface area contributed by atoms with Crippen LogP contribution in [0.15, 0.2) is 53.4 Å². The highest BCUT2D eigenvalue weighted by Gasteiger charge is 2.19. The number of methoxy groups -OCH3 is 1. The summed E-state index contributed by atoms with van der Waals surface area (Å²) in [7, 11) is -2.42. The van der Waals surface area contributed by atoms with Crippen molar-refractivity contribution in [2.75, 3.05) is 13.7 Å². The zero-order valence-electron chi connectivity index (χ0n) is 13.1. The Bertz CT molecular complexity index is 785. The van der Waals surface area contributed by atoms with E-state index in [1.807, 2.05) is 30.3 Å². The Balaban J connectivity index is 2.14. The monoisotopic (exact) mass is 333 g/mol. The Morgan fingerprint density at radius 1 is 1.13 bits per heavy atom. The van der Waals surface area contributed by atoms with Crippen molar-refractivity contribution < 1.29 is 17.9 Å². The number of sulfonamides is 1. The van der Waals surface area contributed by atoms with Gasteiger partial charge in [-0.25, -0.2) is 17.9 Å². The van der Waals surface area contributed by atoms with Gasteiger partial charge in [0.2, 0.25) is 10.0 Å². The molecular formula is C17H19NO4S. The lowest BCUT2D eigenvalue weighted by Gasteiger charge is -2.10. The third kappa shape index (κ3) is 4.40. The van der Waals surface area contributed by atoms with Gasteiger partial charge in [-0.3, -0.25) is 0 Å². The highest BCUT2D eigenvalue weighted by molar-refractivity contribution is 7.89. The van der Waals surface area contributed by atoms with Crippen LogP contribution in [-0.4, -0.2) is 28.0 Å². The lowest BCUT2D eigenvalue weighted by atomic mass is 10.1. The third-order valence-electron chi connectivity index (χ3n) is 3.45. The quantitative estimate of drug-likeness (QED) is 0.823. The number of carbonyl (C=O) groups is 1. The highest BCUT2D eigenvalue weighted by atomic mass is 32.2. The van der Waals surface area contributed by atoms with Crippen molar-refractivity contribution in [3.05, 3.63) is 65.2 Å². The first-order valence-corrected chi connectivity index (χ1v) is 8.65. The molecule has 2 aromatic carbocycles. The summed E-state index contributed by atoms with van der Waals surface area (Å²) >= 11 is 0. The minimum Gasteiger partial charge on any atom is -0.465 e. The van der Waals surface area contributed by atoms with Gasteiger partial charge in [0.25, 0.3) is 0 Å². The zero-order valence-corrected chi connectivity index (χ0v) is 13.9. The normalized spacial score (nSPS) is 11.2. The van der Waals surface area contributed by atoms with E-state index < -0.39 is 16.0 Å². The predicted molar refractivity (Wildman–Crippen MR) is 87.9 cm³/mol. The predicted octanol–water partition coefficient (Wildman–Crippen LogP) is 2.30. The fourth-order valence-corrected chi connectivity index (χ4v) is 3.49. The van der Waals surface area contributed by atoms with Crippen LogP contribution < -0.4 is 4.72 Å². The Hall–Kier alpha value is -2.18. The molecule has 0 fully saturated rings. The summed E-state index contributed by atoms with van der Waals surface area (Å²) in [6.07, 6.45) is 0.593. The minimum absolute atomic E-state index is 0.0912. The topological polar surface area (TPSA) is 72.5 Å². The van der Waals surface area contributed by atoms with Gasteiger partial charge in [-0.15, -0.1) is 0 Å². The van der Waals surface area contributed by atoms with Crippen LogP contribution in [0.5, 0.6) is 0 Å². The molecule has 0 unspecified atom stereocenters. The van der Waals surface area contributed by atoms with Crippen molar-refractivity contribution in [1.29, 1.82) is 0 Å². The number of esters is 1. The molecule has 0 radical (unpaired) electrons. The van der Waals surface area contributed by atoms with Crippen molar-refractivity contribution >= 4 is 16.0 Å². The number of benzene rings is 2. The molecule has 0 amide bonds. The summed E-state index contributed by atoms with van der Waals surface area (Å²) in [4.78, 5) is 11.7. The maximum Gasteiger partial charge on any atom is 0.337 e. The molecule has 0 aliphatic carbocycles. The first-order valence-electron chi connectivity index (χ1n) is 7.16. The number of nitrogens with one attached hydrogen (secondary N) is 1. The molecule has 0 saturated heterocycles. The molecule has 2 aromatic rings. The first kappa shape index (κ1) is 17.2. The van der Waals surface area contributed by atoms with E-state index in [4.69, 9.17) is 0 Å². The standard InChI is InChI=1S/C17H19NO4S/c1-13-8-9-15(17(19)22-2)12-16(13)23(20,21)18-11-10-14-6-4-3-5-7-14/h3-9,12,18H,10-11H2,1-2H3. The number of aryl methyl sites for hydroxylation is 1. The number of ether oxygens (including phenoxy) is 1. The fourth-order valence-electron chi connectivity index (χ4n) is 2.19.